The fraction of sp³-hybridized carbons (Fsp3) is 0.875. The minimum Gasteiger partial charge on any atom is -0.347 e. The van der Waals surface area contributed by atoms with Gasteiger partial charge in [-0.05, 0) is 12.7 Å². The monoisotopic (exact) mass is 188 g/mol. The summed E-state index contributed by atoms with van der Waals surface area (Å²) in [6.07, 6.45) is 3.06. The van der Waals surface area contributed by atoms with Gasteiger partial charge in [0, 0.05) is 25.9 Å². The number of rotatable bonds is 2. The molecule has 4 heteroatoms. The van der Waals surface area contributed by atoms with Crippen molar-refractivity contribution < 1.29 is 4.79 Å². The molecule has 2 atom stereocenters. The van der Waals surface area contributed by atoms with Crippen LogP contribution in [0.2, 0.25) is 0 Å². The Kier molecular flexibility index (Phi) is 3.40. The van der Waals surface area contributed by atoms with Crippen molar-refractivity contribution in [2.75, 3.05) is 26.9 Å². The largest absolute Gasteiger partial charge is 0.347 e. The van der Waals surface area contributed by atoms with E-state index in [2.05, 4.69) is 11.6 Å². The summed E-state index contributed by atoms with van der Waals surface area (Å²) in [4.78, 5) is 13.1. The van der Waals surface area contributed by atoms with E-state index < -0.39 is 0 Å². The van der Waals surface area contributed by atoms with Crippen molar-refractivity contribution in [1.82, 2.24) is 10.2 Å². The molecule has 0 aliphatic carbocycles. The topological polar surface area (TPSA) is 32.3 Å². The molecule has 1 fully saturated rings. The molecule has 0 bridgehead atoms. The van der Waals surface area contributed by atoms with Crippen LogP contribution >= 0.6 is 11.8 Å². The number of carbonyl (C=O) groups excluding carboxylic acids is 1. The van der Waals surface area contributed by atoms with E-state index in [1.807, 2.05) is 11.8 Å². The lowest BCUT2D eigenvalue weighted by molar-refractivity contribution is -0.130. The van der Waals surface area contributed by atoms with E-state index in [1.165, 1.54) is 0 Å². The van der Waals surface area contributed by atoms with Gasteiger partial charge in [-0.15, -0.1) is 0 Å². The van der Waals surface area contributed by atoms with E-state index >= 15 is 0 Å². The molecule has 0 saturated carbocycles. The van der Waals surface area contributed by atoms with Gasteiger partial charge in [0.2, 0.25) is 5.91 Å². The van der Waals surface area contributed by atoms with Crippen LogP contribution in [-0.2, 0) is 4.79 Å². The Bertz CT molecular complexity index is 172. The van der Waals surface area contributed by atoms with E-state index in [9.17, 15) is 4.79 Å². The fourth-order valence-electron chi connectivity index (χ4n) is 1.38. The maximum absolute atomic E-state index is 11.5. The minimum atomic E-state index is 0.0532. The molecule has 1 saturated heterocycles. The fourth-order valence-corrected chi connectivity index (χ4v) is 2.03. The third kappa shape index (κ3) is 2.14. The number of thioether (sulfide) groups is 1. The molecule has 0 unspecified atom stereocenters. The summed E-state index contributed by atoms with van der Waals surface area (Å²) in [5.74, 6) is 0.201. The lowest BCUT2D eigenvalue weighted by Crippen LogP contribution is -2.39. The van der Waals surface area contributed by atoms with Crippen molar-refractivity contribution in [2.45, 2.75) is 17.7 Å². The summed E-state index contributed by atoms with van der Waals surface area (Å²) in [5.41, 5.74) is 0. The molecule has 0 aromatic rings. The molecule has 1 rings (SSSR count). The summed E-state index contributed by atoms with van der Waals surface area (Å²) in [7, 11) is 3.60. The Hall–Kier alpha value is -0.220. The average molecular weight is 188 g/mol. The Labute approximate surface area is 77.9 Å². The molecular weight excluding hydrogens is 172 g/mol. The zero-order chi connectivity index (χ0) is 9.14. The molecule has 1 aliphatic rings. The highest BCUT2D eigenvalue weighted by atomic mass is 32.2. The molecule has 1 N–H and O–H groups in total. The average Bonchev–Trinajstić information content (AvgIpc) is 2.50. The van der Waals surface area contributed by atoms with Gasteiger partial charge in [0.1, 0.15) is 0 Å². The van der Waals surface area contributed by atoms with E-state index in [0.29, 0.717) is 5.25 Å². The first-order chi connectivity index (χ1) is 5.65. The van der Waals surface area contributed by atoms with Crippen LogP contribution in [0.5, 0.6) is 0 Å². The number of amides is 1. The number of hydrogen-bond acceptors (Lipinski definition) is 3. The van der Waals surface area contributed by atoms with Crippen molar-refractivity contribution in [2.24, 2.45) is 0 Å². The maximum Gasteiger partial charge on any atom is 0.239 e. The lowest BCUT2D eigenvalue weighted by atomic mass is 10.2. The van der Waals surface area contributed by atoms with Crippen LogP contribution in [0.3, 0.4) is 0 Å². The van der Waals surface area contributed by atoms with E-state index in [0.717, 1.165) is 13.0 Å². The maximum atomic E-state index is 11.5. The summed E-state index contributed by atoms with van der Waals surface area (Å²) < 4.78 is 0. The molecular formula is C8H16N2OS. The number of hydrogen-bond donors (Lipinski definition) is 1. The van der Waals surface area contributed by atoms with E-state index in [4.69, 9.17) is 0 Å². The molecule has 70 valence electrons. The van der Waals surface area contributed by atoms with Gasteiger partial charge >= 0.3 is 0 Å². The van der Waals surface area contributed by atoms with E-state index in [-0.39, 0.29) is 11.9 Å². The van der Waals surface area contributed by atoms with Gasteiger partial charge in [-0.2, -0.15) is 11.8 Å². The molecule has 1 heterocycles. The summed E-state index contributed by atoms with van der Waals surface area (Å²) in [6.45, 7) is 0.964. The first-order valence-electron chi connectivity index (χ1n) is 4.12. The molecule has 1 amide bonds. The predicted octanol–water partition coefficient (Wildman–Crippen LogP) is 0.168. The Balaban J connectivity index is 2.41. The van der Waals surface area contributed by atoms with Crippen molar-refractivity contribution in [3.63, 3.8) is 0 Å². The first kappa shape index (κ1) is 9.86. The zero-order valence-corrected chi connectivity index (χ0v) is 8.65. The van der Waals surface area contributed by atoms with Crippen molar-refractivity contribution in [1.29, 1.82) is 0 Å². The van der Waals surface area contributed by atoms with Gasteiger partial charge < -0.3 is 10.2 Å². The SMILES string of the molecule is CS[C@@H]1CN[C@H](C(=O)N(C)C)C1. The third-order valence-electron chi connectivity index (χ3n) is 2.16. The number of nitrogens with one attached hydrogen (secondary N) is 1. The smallest absolute Gasteiger partial charge is 0.239 e. The molecule has 3 nitrogen and oxygen atoms in total. The van der Waals surface area contributed by atoms with Crippen molar-refractivity contribution >= 4 is 17.7 Å². The normalized spacial score (nSPS) is 28.9. The summed E-state index contributed by atoms with van der Waals surface area (Å²) >= 11 is 1.83. The molecule has 12 heavy (non-hydrogen) atoms. The summed E-state index contributed by atoms with van der Waals surface area (Å²) in [6, 6.07) is 0.0532. The molecule has 0 aromatic heterocycles. The first-order valence-corrected chi connectivity index (χ1v) is 5.41. The van der Waals surface area contributed by atoms with Crippen LogP contribution in [0, 0.1) is 0 Å². The minimum absolute atomic E-state index is 0.0532. The van der Waals surface area contributed by atoms with Crippen LogP contribution in [0.4, 0.5) is 0 Å². The Morgan fingerprint density at radius 2 is 2.25 bits per heavy atom. The number of nitrogens with zero attached hydrogens (tertiary/aromatic N) is 1. The molecule has 0 spiro atoms. The summed E-state index contributed by atoms with van der Waals surface area (Å²) in [5, 5.41) is 3.84. The van der Waals surface area contributed by atoms with Crippen LogP contribution in [0.15, 0.2) is 0 Å². The van der Waals surface area contributed by atoms with Gasteiger partial charge in [0.15, 0.2) is 0 Å². The second-order valence-electron chi connectivity index (χ2n) is 3.29. The Morgan fingerprint density at radius 3 is 2.67 bits per heavy atom. The number of likely N-dealkylation sites (N-methyl/N-ethyl adjacent to an activating group) is 1. The second kappa shape index (κ2) is 4.14. The van der Waals surface area contributed by atoms with Crippen LogP contribution in [-0.4, -0.2) is 49.0 Å². The third-order valence-corrected chi connectivity index (χ3v) is 3.19. The molecule has 0 radical (unpaired) electrons. The van der Waals surface area contributed by atoms with Gasteiger partial charge in [0.05, 0.1) is 6.04 Å². The van der Waals surface area contributed by atoms with Gasteiger partial charge in [-0.3, -0.25) is 4.79 Å². The second-order valence-corrected chi connectivity index (χ2v) is 4.42. The van der Waals surface area contributed by atoms with Gasteiger partial charge in [0.25, 0.3) is 0 Å². The standard InChI is InChI=1S/C8H16N2OS/c1-10(2)8(11)7-4-6(12-3)5-9-7/h6-7,9H,4-5H2,1-3H3/t6-,7-/m0/s1. The van der Waals surface area contributed by atoms with Crippen molar-refractivity contribution in [3.05, 3.63) is 0 Å². The van der Waals surface area contributed by atoms with Crippen LogP contribution in [0.25, 0.3) is 0 Å². The van der Waals surface area contributed by atoms with Gasteiger partial charge in [-0.1, -0.05) is 0 Å². The quantitative estimate of drug-likeness (QED) is 0.670. The van der Waals surface area contributed by atoms with Crippen LogP contribution in [0.1, 0.15) is 6.42 Å². The lowest BCUT2D eigenvalue weighted by Gasteiger charge is -2.15. The van der Waals surface area contributed by atoms with Crippen molar-refractivity contribution in [3.8, 4) is 0 Å². The van der Waals surface area contributed by atoms with Gasteiger partial charge in [-0.25, -0.2) is 0 Å². The molecule has 0 aromatic carbocycles. The molecule has 1 aliphatic heterocycles. The van der Waals surface area contributed by atoms with E-state index in [1.54, 1.807) is 19.0 Å². The zero-order valence-electron chi connectivity index (χ0n) is 7.83. The highest BCUT2D eigenvalue weighted by Gasteiger charge is 2.29. The predicted molar refractivity (Wildman–Crippen MR) is 52.4 cm³/mol. The Morgan fingerprint density at radius 1 is 1.58 bits per heavy atom. The number of carbonyl (C=O) groups is 1. The highest BCUT2D eigenvalue weighted by Crippen LogP contribution is 2.18. The highest BCUT2D eigenvalue weighted by molar-refractivity contribution is 7.99. The van der Waals surface area contributed by atoms with Crippen LogP contribution < -0.4 is 5.32 Å².